The molecule has 0 aliphatic heterocycles. The zero-order valence-corrected chi connectivity index (χ0v) is 14.4. The molecular formula is C18H28O5. The smallest absolute Gasteiger partial charge is 0.303 e. The summed E-state index contributed by atoms with van der Waals surface area (Å²) in [7, 11) is 0. The first-order chi connectivity index (χ1) is 11.1. The van der Waals surface area contributed by atoms with Gasteiger partial charge in [0.25, 0.3) is 0 Å². The van der Waals surface area contributed by atoms with Crippen molar-refractivity contribution in [1.29, 1.82) is 0 Å². The van der Waals surface area contributed by atoms with Gasteiger partial charge in [-0.25, -0.2) is 0 Å². The van der Waals surface area contributed by atoms with Crippen molar-refractivity contribution in [3.8, 4) is 17.2 Å². The number of hydrogen-bond donors (Lipinski definition) is 1. The van der Waals surface area contributed by atoms with E-state index in [0.717, 1.165) is 24.8 Å². The maximum Gasteiger partial charge on any atom is 0.303 e. The van der Waals surface area contributed by atoms with E-state index in [9.17, 15) is 4.79 Å². The number of benzene rings is 1. The van der Waals surface area contributed by atoms with E-state index in [0.29, 0.717) is 43.5 Å². The number of carboxylic acids is 1. The van der Waals surface area contributed by atoms with E-state index in [2.05, 4.69) is 0 Å². The summed E-state index contributed by atoms with van der Waals surface area (Å²) in [5, 5.41) is 8.88. The Bertz CT molecular complexity index is 455. The minimum Gasteiger partial charge on any atom is -0.490 e. The maximum atomic E-state index is 10.8. The lowest BCUT2D eigenvalue weighted by molar-refractivity contribution is -0.136. The Morgan fingerprint density at radius 3 is 1.83 bits per heavy atom. The summed E-state index contributed by atoms with van der Waals surface area (Å²) < 4.78 is 17.4. The number of aliphatic carboxylic acids is 1. The third kappa shape index (κ3) is 6.80. The normalized spacial score (nSPS) is 10.4. The molecule has 0 fully saturated rings. The van der Waals surface area contributed by atoms with Gasteiger partial charge >= 0.3 is 5.97 Å². The summed E-state index contributed by atoms with van der Waals surface area (Å²) in [5.74, 6) is 1.07. The lowest BCUT2D eigenvalue weighted by atomic mass is 10.1. The van der Waals surface area contributed by atoms with Gasteiger partial charge in [-0.1, -0.05) is 20.8 Å². The first-order valence-corrected chi connectivity index (χ1v) is 8.39. The Balaban J connectivity index is 3.10. The van der Waals surface area contributed by atoms with Crippen LogP contribution in [-0.4, -0.2) is 30.9 Å². The first kappa shape index (κ1) is 19.1. The maximum absolute atomic E-state index is 10.8. The summed E-state index contributed by atoms with van der Waals surface area (Å²) in [5.41, 5.74) is 0.883. The van der Waals surface area contributed by atoms with E-state index in [4.69, 9.17) is 19.3 Å². The van der Waals surface area contributed by atoms with Crippen LogP contribution in [0.4, 0.5) is 0 Å². The quantitative estimate of drug-likeness (QED) is 0.628. The van der Waals surface area contributed by atoms with Gasteiger partial charge in [0, 0.05) is 6.42 Å². The Hall–Kier alpha value is -1.91. The summed E-state index contributed by atoms with van der Waals surface area (Å²) in [4.78, 5) is 10.8. The zero-order chi connectivity index (χ0) is 17.1. The number of carbonyl (C=O) groups is 1. The molecule has 1 aromatic rings. The molecule has 0 saturated heterocycles. The van der Waals surface area contributed by atoms with E-state index in [1.807, 2.05) is 32.9 Å². The minimum atomic E-state index is -0.816. The molecule has 0 aliphatic carbocycles. The molecule has 130 valence electrons. The highest BCUT2D eigenvalue weighted by Crippen LogP contribution is 2.39. The van der Waals surface area contributed by atoms with Crippen molar-refractivity contribution in [1.82, 2.24) is 0 Å². The second kappa shape index (κ2) is 10.8. The Labute approximate surface area is 138 Å². The fourth-order valence-corrected chi connectivity index (χ4v) is 2.01. The zero-order valence-electron chi connectivity index (χ0n) is 14.4. The van der Waals surface area contributed by atoms with Gasteiger partial charge in [0.15, 0.2) is 11.5 Å². The predicted octanol–water partition coefficient (Wildman–Crippen LogP) is 4.07. The summed E-state index contributed by atoms with van der Waals surface area (Å²) in [6, 6.07) is 3.73. The molecule has 0 radical (unpaired) electrons. The summed E-state index contributed by atoms with van der Waals surface area (Å²) in [6.45, 7) is 7.86. The van der Waals surface area contributed by atoms with Crippen molar-refractivity contribution in [2.24, 2.45) is 0 Å². The van der Waals surface area contributed by atoms with Crippen molar-refractivity contribution >= 4 is 5.97 Å². The standard InChI is InChI=1S/C18H28O5/c1-4-9-21-15-12-14(7-8-17(19)20)13-16(22-10-5-2)18(15)23-11-6-3/h12-13H,4-11H2,1-3H3,(H,19,20). The van der Waals surface area contributed by atoms with Crippen LogP contribution in [0.25, 0.3) is 0 Å². The van der Waals surface area contributed by atoms with Crippen molar-refractivity contribution in [2.45, 2.75) is 52.9 Å². The number of carboxylic acid groups (broad SMARTS) is 1. The Morgan fingerprint density at radius 1 is 0.913 bits per heavy atom. The van der Waals surface area contributed by atoms with Crippen LogP contribution >= 0.6 is 0 Å². The molecule has 0 saturated carbocycles. The van der Waals surface area contributed by atoms with Gasteiger partial charge in [-0.3, -0.25) is 4.79 Å². The molecule has 0 unspecified atom stereocenters. The van der Waals surface area contributed by atoms with Crippen LogP contribution < -0.4 is 14.2 Å². The number of hydrogen-bond acceptors (Lipinski definition) is 4. The molecule has 23 heavy (non-hydrogen) atoms. The molecule has 0 amide bonds. The fourth-order valence-electron chi connectivity index (χ4n) is 2.01. The van der Waals surface area contributed by atoms with Crippen LogP contribution in [0.15, 0.2) is 12.1 Å². The average Bonchev–Trinajstić information content (AvgIpc) is 2.54. The van der Waals surface area contributed by atoms with Crippen molar-refractivity contribution in [3.63, 3.8) is 0 Å². The van der Waals surface area contributed by atoms with E-state index >= 15 is 0 Å². The van der Waals surface area contributed by atoms with Crippen molar-refractivity contribution in [3.05, 3.63) is 17.7 Å². The fraction of sp³-hybridized carbons (Fsp3) is 0.611. The summed E-state index contributed by atoms with van der Waals surface area (Å²) in [6.07, 6.45) is 3.18. The van der Waals surface area contributed by atoms with Crippen LogP contribution in [0.3, 0.4) is 0 Å². The lowest BCUT2D eigenvalue weighted by Gasteiger charge is -2.18. The van der Waals surface area contributed by atoms with E-state index in [1.54, 1.807) is 0 Å². The monoisotopic (exact) mass is 324 g/mol. The number of ether oxygens (including phenoxy) is 3. The highest BCUT2D eigenvalue weighted by atomic mass is 16.5. The third-order valence-corrected chi connectivity index (χ3v) is 3.08. The van der Waals surface area contributed by atoms with Crippen LogP contribution in [0.5, 0.6) is 17.2 Å². The number of aryl methyl sites for hydroxylation is 1. The molecule has 0 aromatic heterocycles. The SMILES string of the molecule is CCCOc1cc(CCC(=O)O)cc(OCCC)c1OCCC. The van der Waals surface area contributed by atoms with Gasteiger partial charge in [0.05, 0.1) is 19.8 Å². The molecular weight excluding hydrogens is 296 g/mol. The highest BCUT2D eigenvalue weighted by Gasteiger charge is 2.16. The van der Waals surface area contributed by atoms with E-state index in [1.165, 1.54) is 0 Å². The minimum absolute atomic E-state index is 0.0790. The van der Waals surface area contributed by atoms with Gasteiger partial charge in [0.2, 0.25) is 5.75 Å². The van der Waals surface area contributed by atoms with Crippen LogP contribution in [0, 0.1) is 0 Å². The van der Waals surface area contributed by atoms with Gasteiger partial charge in [-0.15, -0.1) is 0 Å². The molecule has 0 aliphatic rings. The molecule has 1 N–H and O–H groups in total. The van der Waals surface area contributed by atoms with Crippen LogP contribution in [0.1, 0.15) is 52.0 Å². The third-order valence-electron chi connectivity index (χ3n) is 3.08. The van der Waals surface area contributed by atoms with Crippen LogP contribution in [-0.2, 0) is 11.2 Å². The largest absolute Gasteiger partial charge is 0.490 e. The number of rotatable bonds is 12. The molecule has 0 spiro atoms. The van der Waals surface area contributed by atoms with Crippen molar-refractivity contribution in [2.75, 3.05) is 19.8 Å². The van der Waals surface area contributed by atoms with Gasteiger partial charge in [-0.2, -0.15) is 0 Å². The van der Waals surface area contributed by atoms with Gasteiger partial charge in [0.1, 0.15) is 0 Å². The highest BCUT2D eigenvalue weighted by molar-refractivity contribution is 5.67. The summed E-state index contributed by atoms with van der Waals surface area (Å²) >= 11 is 0. The average molecular weight is 324 g/mol. The van der Waals surface area contributed by atoms with Gasteiger partial charge < -0.3 is 19.3 Å². The molecule has 5 heteroatoms. The second-order valence-electron chi connectivity index (χ2n) is 5.36. The molecule has 1 aromatic carbocycles. The molecule has 1 rings (SSSR count). The van der Waals surface area contributed by atoms with Crippen LogP contribution in [0.2, 0.25) is 0 Å². The topological polar surface area (TPSA) is 65.0 Å². The molecule has 0 heterocycles. The molecule has 0 bridgehead atoms. The lowest BCUT2D eigenvalue weighted by Crippen LogP contribution is -2.06. The molecule has 0 atom stereocenters. The first-order valence-electron chi connectivity index (χ1n) is 8.39. The second-order valence-corrected chi connectivity index (χ2v) is 5.36. The van der Waals surface area contributed by atoms with Crippen molar-refractivity contribution < 1.29 is 24.1 Å². The molecule has 5 nitrogen and oxygen atoms in total. The predicted molar refractivity (Wildman–Crippen MR) is 89.8 cm³/mol. The van der Waals surface area contributed by atoms with E-state index in [-0.39, 0.29) is 6.42 Å². The Morgan fingerprint density at radius 2 is 1.39 bits per heavy atom. The Kier molecular flexibility index (Phi) is 8.95. The van der Waals surface area contributed by atoms with E-state index < -0.39 is 5.97 Å². The van der Waals surface area contributed by atoms with Gasteiger partial charge in [-0.05, 0) is 43.4 Å².